The Morgan fingerprint density at radius 3 is 2.48 bits per heavy atom. The summed E-state index contributed by atoms with van der Waals surface area (Å²) < 4.78 is 0. The van der Waals surface area contributed by atoms with Crippen LogP contribution in [-0.4, -0.2) is 58.4 Å². The van der Waals surface area contributed by atoms with E-state index in [9.17, 15) is 4.79 Å². The first-order chi connectivity index (χ1) is 13.3. The molecular formula is C20H22N6O. The lowest BCUT2D eigenvalue weighted by Crippen LogP contribution is -2.52. The third kappa shape index (κ3) is 3.51. The SMILES string of the molecule is N[C@@H](C=O)C(c1ccccc1)N1CCN(c2ncnc3ncccc23)CC1. The molecule has 1 fully saturated rings. The lowest BCUT2D eigenvalue weighted by Gasteiger charge is -2.41. The minimum atomic E-state index is -0.553. The molecule has 7 nitrogen and oxygen atoms in total. The average molecular weight is 362 g/mol. The molecule has 0 amide bonds. The van der Waals surface area contributed by atoms with Crippen LogP contribution in [0.4, 0.5) is 5.82 Å². The number of piperazine rings is 1. The summed E-state index contributed by atoms with van der Waals surface area (Å²) in [4.78, 5) is 29.0. The van der Waals surface area contributed by atoms with Gasteiger partial charge < -0.3 is 15.4 Å². The Hall–Kier alpha value is -2.90. The van der Waals surface area contributed by atoms with Crippen molar-refractivity contribution in [2.45, 2.75) is 12.1 Å². The van der Waals surface area contributed by atoms with Crippen molar-refractivity contribution in [1.82, 2.24) is 19.9 Å². The first-order valence-electron chi connectivity index (χ1n) is 9.08. The molecule has 1 unspecified atom stereocenters. The van der Waals surface area contributed by atoms with Gasteiger partial charge in [-0.2, -0.15) is 0 Å². The number of anilines is 1. The van der Waals surface area contributed by atoms with Crippen molar-refractivity contribution < 1.29 is 4.79 Å². The maximum atomic E-state index is 11.4. The number of pyridine rings is 1. The number of benzene rings is 1. The molecule has 0 bridgehead atoms. The number of nitrogens with zero attached hydrogens (tertiary/aromatic N) is 5. The van der Waals surface area contributed by atoms with E-state index in [-0.39, 0.29) is 6.04 Å². The number of hydrogen-bond acceptors (Lipinski definition) is 7. The number of rotatable bonds is 5. The predicted octanol–water partition coefficient (Wildman–Crippen LogP) is 1.41. The summed E-state index contributed by atoms with van der Waals surface area (Å²) in [5, 5.41) is 0.956. The van der Waals surface area contributed by atoms with Gasteiger partial charge in [0.05, 0.1) is 17.5 Å². The Morgan fingerprint density at radius 1 is 0.963 bits per heavy atom. The molecule has 0 saturated carbocycles. The summed E-state index contributed by atoms with van der Waals surface area (Å²) in [6.45, 7) is 3.20. The Labute approximate surface area is 157 Å². The molecule has 2 aromatic heterocycles. The van der Waals surface area contributed by atoms with Crippen molar-refractivity contribution in [3.05, 3.63) is 60.6 Å². The number of aldehydes is 1. The van der Waals surface area contributed by atoms with Gasteiger partial charge in [-0.05, 0) is 17.7 Å². The van der Waals surface area contributed by atoms with Crippen LogP contribution in [-0.2, 0) is 4.79 Å². The number of nitrogens with two attached hydrogens (primary N) is 1. The van der Waals surface area contributed by atoms with E-state index in [0.717, 1.165) is 49.2 Å². The second kappa shape index (κ2) is 7.77. The molecule has 7 heteroatoms. The fourth-order valence-corrected chi connectivity index (χ4v) is 3.75. The van der Waals surface area contributed by atoms with Crippen molar-refractivity contribution in [2.24, 2.45) is 5.73 Å². The largest absolute Gasteiger partial charge is 0.353 e. The standard InChI is InChI=1S/C20H22N6O/c21-17(13-27)18(15-5-2-1-3-6-15)25-9-11-26(12-10-25)20-16-7-4-8-22-19(16)23-14-24-20/h1-8,13-14,17-18H,9-12,21H2/t17-,18?/m0/s1. The molecule has 1 aliphatic heterocycles. The molecule has 2 N–H and O–H groups in total. The molecule has 3 heterocycles. The van der Waals surface area contributed by atoms with Gasteiger partial charge in [-0.1, -0.05) is 30.3 Å². The molecule has 0 radical (unpaired) electrons. The highest BCUT2D eigenvalue weighted by Crippen LogP contribution is 2.27. The Kier molecular flexibility index (Phi) is 5.04. The molecule has 0 aliphatic carbocycles. The van der Waals surface area contributed by atoms with Gasteiger partial charge in [0.2, 0.25) is 0 Å². The van der Waals surface area contributed by atoms with Crippen molar-refractivity contribution >= 4 is 23.1 Å². The monoisotopic (exact) mass is 362 g/mol. The zero-order chi connectivity index (χ0) is 18.6. The Balaban J connectivity index is 1.54. The number of aromatic nitrogens is 3. The van der Waals surface area contributed by atoms with Crippen LogP contribution in [0.5, 0.6) is 0 Å². The lowest BCUT2D eigenvalue weighted by molar-refractivity contribution is -0.110. The van der Waals surface area contributed by atoms with Gasteiger partial charge in [-0.25, -0.2) is 15.0 Å². The van der Waals surface area contributed by atoms with Gasteiger partial charge in [0, 0.05) is 32.4 Å². The quantitative estimate of drug-likeness (QED) is 0.687. The van der Waals surface area contributed by atoms with E-state index in [1.807, 2.05) is 42.5 Å². The predicted molar refractivity (Wildman–Crippen MR) is 104 cm³/mol. The van der Waals surface area contributed by atoms with E-state index in [1.54, 1.807) is 12.5 Å². The number of hydrogen-bond donors (Lipinski definition) is 1. The Bertz CT molecular complexity index is 905. The molecule has 0 spiro atoms. The summed E-state index contributed by atoms with van der Waals surface area (Å²) in [5.41, 5.74) is 7.92. The van der Waals surface area contributed by atoms with Crippen molar-refractivity contribution in [2.75, 3.05) is 31.1 Å². The van der Waals surface area contributed by atoms with E-state index in [1.165, 1.54) is 0 Å². The first kappa shape index (κ1) is 17.5. The van der Waals surface area contributed by atoms with E-state index in [4.69, 9.17) is 5.73 Å². The summed E-state index contributed by atoms with van der Waals surface area (Å²) in [6.07, 6.45) is 4.14. The minimum Gasteiger partial charge on any atom is -0.353 e. The second-order valence-electron chi connectivity index (χ2n) is 6.66. The van der Waals surface area contributed by atoms with Gasteiger partial charge in [-0.3, -0.25) is 4.90 Å². The topological polar surface area (TPSA) is 88.2 Å². The van der Waals surface area contributed by atoms with Crippen LogP contribution in [0, 0.1) is 0 Å². The molecule has 4 rings (SSSR count). The fourth-order valence-electron chi connectivity index (χ4n) is 3.75. The molecule has 2 atom stereocenters. The second-order valence-corrected chi connectivity index (χ2v) is 6.66. The van der Waals surface area contributed by atoms with Crippen molar-refractivity contribution in [3.63, 3.8) is 0 Å². The summed E-state index contributed by atoms with van der Waals surface area (Å²) in [5.74, 6) is 0.906. The van der Waals surface area contributed by atoms with Crippen molar-refractivity contribution in [1.29, 1.82) is 0 Å². The molecule has 1 aliphatic rings. The fraction of sp³-hybridized carbons (Fsp3) is 0.300. The minimum absolute atomic E-state index is 0.116. The number of fused-ring (bicyclic) bond motifs is 1. The van der Waals surface area contributed by atoms with Gasteiger partial charge in [0.15, 0.2) is 5.65 Å². The molecule has 1 saturated heterocycles. The third-order valence-electron chi connectivity index (χ3n) is 5.06. The summed E-state index contributed by atoms with van der Waals surface area (Å²) >= 11 is 0. The van der Waals surface area contributed by atoms with Gasteiger partial charge in [0.1, 0.15) is 18.4 Å². The van der Waals surface area contributed by atoms with Crippen molar-refractivity contribution in [3.8, 4) is 0 Å². The highest BCUT2D eigenvalue weighted by molar-refractivity contribution is 5.86. The summed E-state index contributed by atoms with van der Waals surface area (Å²) in [7, 11) is 0. The average Bonchev–Trinajstić information content (AvgIpc) is 2.75. The van der Waals surface area contributed by atoms with Crippen LogP contribution < -0.4 is 10.6 Å². The van der Waals surface area contributed by atoms with Crippen LogP contribution in [0.2, 0.25) is 0 Å². The molecule has 27 heavy (non-hydrogen) atoms. The first-order valence-corrected chi connectivity index (χ1v) is 9.08. The normalized spacial score (nSPS) is 17.6. The van der Waals surface area contributed by atoms with E-state index in [2.05, 4.69) is 24.8 Å². The molecule has 1 aromatic carbocycles. The summed E-state index contributed by atoms with van der Waals surface area (Å²) in [6, 6.07) is 13.2. The smallest absolute Gasteiger partial charge is 0.164 e. The molecule has 138 valence electrons. The van der Waals surface area contributed by atoms with Crippen LogP contribution in [0.15, 0.2) is 55.0 Å². The zero-order valence-electron chi connectivity index (χ0n) is 15.0. The van der Waals surface area contributed by atoms with Gasteiger partial charge in [0.25, 0.3) is 0 Å². The van der Waals surface area contributed by atoms with Gasteiger partial charge >= 0.3 is 0 Å². The van der Waals surface area contributed by atoms with Gasteiger partial charge in [-0.15, -0.1) is 0 Å². The number of carbonyl (C=O) groups excluding carboxylic acids is 1. The zero-order valence-corrected chi connectivity index (χ0v) is 15.0. The number of carbonyl (C=O) groups is 1. The van der Waals surface area contributed by atoms with Crippen LogP contribution in [0.25, 0.3) is 11.0 Å². The lowest BCUT2D eigenvalue weighted by atomic mass is 9.98. The maximum absolute atomic E-state index is 11.4. The van der Waals surface area contributed by atoms with E-state index >= 15 is 0 Å². The highest BCUT2D eigenvalue weighted by atomic mass is 16.1. The molecular weight excluding hydrogens is 340 g/mol. The van der Waals surface area contributed by atoms with E-state index < -0.39 is 6.04 Å². The van der Waals surface area contributed by atoms with Crippen LogP contribution in [0.3, 0.4) is 0 Å². The molecule has 3 aromatic rings. The van der Waals surface area contributed by atoms with Crippen LogP contribution >= 0.6 is 0 Å². The Morgan fingerprint density at radius 2 is 1.74 bits per heavy atom. The van der Waals surface area contributed by atoms with E-state index in [0.29, 0.717) is 5.65 Å². The maximum Gasteiger partial charge on any atom is 0.164 e. The van der Waals surface area contributed by atoms with Crippen LogP contribution in [0.1, 0.15) is 11.6 Å². The third-order valence-corrected chi connectivity index (χ3v) is 5.06. The highest BCUT2D eigenvalue weighted by Gasteiger charge is 2.30.